The van der Waals surface area contributed by atoms with E-state index in [1.165, 1.54) is 32.1 Å². The van der Waals surface area contributed by atoms with Gasteiger partial charge in [0.25, 0.3) is 0 Å². The number of rotatable bonds is 3. The molecule has 0 bridgehead atoms. The number of nitrogens with zero attached hydrogens (tertiary/aromatic N) is 4. The monoisotopic (exact) mass is 372 g/mol. The zero-order valence-electron chi connectivity index (χ0n) is 16.6. The maximum atomic E-state index is 6.14. The SMILES string of the molecule is CCN=C(NC1CCCn2nc(C)nc21)NC1C2CCOC2C12CCCC2. The van der Waals surface area contributed by atoms with Crippen molar-refractivity contribution < 1.29 is 4.74 Å². The van der Waals surface area contributed by atoms with Crippen LogP contribution in [0, 0.1) is 18.3 Å². The molecule has 3 heterocycles. The van der Waals surface area contributed by atoms with E-state index in [2.05, 4.69) is 32.3 Å². The lowest BCUT2D eigenvalue weighted by Gasteiger charge is -2.57. The summed E-state index contributed by atoms with van der Waals surface area (Å²) in [6.07, 6.45) is 9.12. The summed E-state index contributed by atoms with van der Waals surface area (Å²) in [5.74, 6) is 3.49. The van der Waals surface area contributed by atoms with Crippen LogP contribution < -0.4 is 10.6 Å². The van der Waals surface area contributed by atoms with Gasteiger partial charge < -0.3 is 15.4 Å². The fourth-order valence-electron chi connectivity index (χ4n) is 6.11. The summed E-state index contributed by atoms with van der Waals surface area (Å²) in [5, 5.41) is 12.1. The fraction of sp³-hybridized carbons (Fsp3) is 0.850. The Kier molecular flexibility index (Phi) is 4.37. The van der Waals surface area contributed by atoms with Gasteiger partial charge in [-0.1, -0.05) is 12.8 Å². The van der Waals surface area contributed by atoms with Gasteiger partial charge in [0.1, 0.15) is 11.6 Å². The van der Waals surface area contributed by atoms with Gasteiger partial charge >= 0.3 is 0 Å². The number of hydrogen-bond donors (Lipinski definition) is 2. The summed E-state index contributed by atoms with van der Waals surface area (Å²) >= 11 is 0. The van der Waals surface area contributed by atoms with Crippen LogP contribution in [0.1, 0.15) is 69.6 Å². The van der Waals surface area contributed by atoms with E-state index in [0.29, 0.717) is 23.5 Å². The Hall–Kier alpha value is -1.63. The molecule has 1 aromatic heterocycles. The molecule has 7 heteroatoms. The van der Waals surface area contributed by atoms with Crippen LogP contribution in [0.2, 0.25) is 0 Å². The number of hydrogen-bond acceptors (Lipinski definition) is 4. The van der Waals surface area contributed by atoms with E-state index in [9.17, 15) is 0 Å². The summed E-state index contributed by atoms with van der Waals surface area (Å²) in [7, 11) is 0. The molecule has 4 atom stereocenters. The Morgan fingerprint density at radius 3 is 2.93 bits per heavy atom. The van der Waals surface area contributed by atoms with Crippen LogP contribution in [-0.2, 0) is 11.3 Å². The van der Waals surface area contributed by atoms with Gasteiger partial charge in [0.05, 0.1) is 12.1 Å². The van der Waals surface area contributed by atoms with Gasteiger partial charge in [-0.25, -0.2) is 9.67 Å². The maximum Gasteiger partial charge on any atom is 0.192 e. The van der Waals surface area contributed by atoms with Crippen molar-refractivity contribution in [1.82, 2.24) is 25.4 Å². The molecule has 0 radical (unpaired) electrons. The molecule has 7 nitrogen and oxygen atoms in total. The number of aryl methyl sites for hydroxylation is 2. The van der Waals surface area contributed by atoms with E-state index >= 15 is 0 Å². The molecule has 0 aromatic carbocycles. The third-order valence-electron chi connectivity index (χ3n) is 7.19. The van der Waals surface area contributed by atoms with Crippen molar-refractivity contribution in [2.75, 3.05) is 13.2 Å². The highest BCUT2D eigenvalue weighted by Gasteiger charge is 2.65. The molecule has 4 aliphatic rings. The van der Waals surface area contributed by atoms with Crippen LogP contribution in [0.15, 0.2) is 4.99 Å². The number of ether oxygens (including phenoxy) is 1. The molecular formula is C20H32N6O. The molecule has 2 aliphatic heterocycles. The first-order chi connectivity index (χ1) is 13.2. The molecule has 2 saturated carbocycles. The molecule has 2 aliphatic carbocycles. The molecule has 4 unspecified atom stereocenters. The van der Waals surface area contributed by atoms with Crippen molar-refractivity contribution in [2.45, 2.75) is 83.5 Å². The summed E-state index contributed by atoms with van der Waals surface area (Å²) in [6.45, 7) is 6.74. The second kappa shape index (κ2) is 6.76. The number of guanidine groups is 1. The summed E-state index contributed by atoms with van der Waals surface area (Å²) in [5.41, 5.74) is 0.334. The normalized spacial score (nSPS) is 34.2. The molecule has 0 amide bonds. The lowest BCUT2D eigenvalue weighted by molar-refractivity contribution is -0.125. The molecule has 1 saturated heterocycles. The van der Waals surface area contributed by atoms with Gasteiger partial charge in [0, 0.05) is 37.1 Å². The minimum Gasteiger partial charge on any atom is -0.377 e. The fourth-order valence-corrected chi connectivity index (χ4v) is 6.11. The Labute approximate surface area is 161 Å². The molecule has 1 spiro atoms. The lowest BCUT2D eigenvalue weighted by Crippen LogP contribution is -2.69. The second-order valence-electron chi connectivity index (χ2n) is 8.71. The third kappa shape index (κ3) is 2.77. The van der Waals surface area contributed by atoms with E-state index in [0.717, 1.165) is 50.1 Å². The van der Waals surface area contributed by atoms with Gasteiger partial charge in [-0.3, -0.25) is 4.99 Å². The first kappa shape index (κ1) is 17.5. The average molecular weight is 373 g/mol. The Morgan fingerprint density at radius 2 is 2.11 bits per heavy atom. The van der Waals surface area contributed by atoms with E-state index < -0.39 is 0 Å². The number of fused-ring (bicyclic) bond motifs is 3. The first-order valence-electron chi connectivity index (χ1n) is 10.8. The van der Waals surface area contributed by atoms with Crippen LogP contribution in [0.25, 0.3) is 0 Å². The standard InChI is InChI=1S/C20H32N6O/c1-3-21-19(23-15-7-6-11-26-18(15)22-13(2)25-26)24-16-14-8-12-27-17(14)20(16)9-4-5-10-20/h14-17H,3-12H2,1-2H3,(H2,21,23,24). The minimum absolute atomic E-state index is 0.188. The van der Waals surface area contributed by atoms with Crippen molar-refractivity contribution in [3.8, 4) is 0 Å². The second-order valence-corrected chi connectivity index (χ2v) is 8.71. The predicted octanol–water partition coefficient (Wildman–Crippen LogP) is 2.32. The Balaban J connectivity index is 1.34. The maximum absolute atomic E-state index is 6.14. The van der Waals surface area contributed by atoms with Crippen molar-refractivity contribution in [3.63, 3.8) is 0 Å². The Bertz CT molecular complexity index is 722. The zero-order valence-corrected chi connectivity index (χ0v) is 16.6. The van der Waals surface area contributed by atoms with E-state index in [-0.39, 0.29) is 6.04 Å². The molecule has 3 fully saturated rings. The summed E-state index contributed by atoms with van der Waals surface area (Å²) < 4.78 is 8.20. The summed E-state index contributed by atoms with van der Waals surface area (Å²) in [6, 6.07) is 0.682. The first-order valence-corrected chi connectivity index (χ1v) is 10.8. The summed E-state index contributed by atoms with van der Waals surface area (Å²) in [4.78, 5) is 9.45. The van der Waals surface area contributed by atoms with Crippen molar-refractivity contribution in [1.29, 1.82) is 0 Å². The lowest BCUT2D eigenvalue weighted by atomic mass is 9.54. The molecule has 27 heavy (non-hydrogen) atoms. The minimum atomic E-state index is 0.188. The van der Waals surface area contributed by atoms with E-state index in [1.54, 1.807) is 0 Å². The van der Waals surface area contributed by atoms with Crippen molar-refractivity contribution in [2.24, 2.45) is 16.3 Å². The third-order valence-corrected chi connectivity index (χ3v) is 7.19. The van der Waals surface area contributed by atoms with Crippen molar-refractivity contribution in [3.05, 3.63) is 11.6 Å². The smallest absolute Gasteiger partial charge is 0.192 e. The average Bonchev–Trinajstić information content (AvgIpc) is 3.37. The highest BCUT2D eigenvalue weighted by molar-refractivity contribution is 5.81. The highest BCUT2D eigenvalue weighted by Crippen LogP contribution is 2.60. The number of nitrogens with one attached hydrogen (secondary N) is 2. The molecular weight excluding hydrogens is 340 g/mol. The largest absolute Gasteiger partial charge is 0.377 e. The molecule has 5 rings (SSSR count). The molecule has 1 aromatic rings. The van der Waals surface area contributed by atoms with Gasteiger partial charge in [-0.15, -0.1) is 0 Å². The van der Waals surface area contributed by atoms with Gasteiger partial charge in [0.2, 0.25) is 0 Å². The van der Waals surface area contributed by atoms with Crippen molar-refractivity contribution >= 4 is 5.96 Å². The number of aromatic nitrogens is 3. The predicted molar refractivity (Wildman–Crippen MR) is 104 cm³/mol. The van der Waals surface area contributed by atoms with Crippen LogP contribution in [0.3, 0.4) is 0 Å². The van der Waals surface area contributed by atoms with Crippen LogP contribution in [0.5, 0.6) is 0 Å². The van der Waals surface area contributed by atoms with E-state index in [4.69, 9.17) is 9.73 Å². The van der Waals surface area contributed by atoms with Crippen LogP contribution in [-0.4, -0.2) is 46.0 Å². The topological polar surface area (TPSA) is 76.4 Å². The van der Waals surface area contributed by atoms with E-state index in [1.807, 2.05) is 6.92 Å². The van der Waals surface area contributed by atoms with Gasteiger partial charge in [-0.05, 0) is 46.0 Å². The van der Waals surface area contributed by atoms with Gasteiger partial charge in [0.15, 0.2) is 5.96 Å². The number of aliphatic imine (C=N–C) groups is 1. The quantitative estimate of drug-likeness (QED) is 0.629. The highest BCUT2D eigenvalue weighted by atomic mass is 16.5. The van der Waals surface area contributed by atoms with Crippen LogP contribution in [0.4, 0.5) is 0 Å². The zero-order chi connectivity index (χ0) is 18.4. The van der Waals surface area contributed by atoms with Crippen LogP contribution >= 0.6 is 0 Å². The molecule has 2 N–H and O–H groups in total. The Morgan fingerprint density at radius 1 is 1.26 bits per heavy atom. The van der Waals surface area contributed by atoms with Gasteiger partial charge in [-0.2, -0.15) is 5.10 Å². The molecule has 148 valence electrons.